The number of nitro groups is 1. The van der Waals surface area contributed by atoms with E-state index in [1.807, 2.05) is 4.90 Å². The van der Waals surface area contributed by atoms with Crippen LogP contribution in [0.1, 0.15) is 12.0 Å². The van der Waals surface area contributed by atoms with Gasteiger partial charge in [-0.3, -0.25) is 10.1 Å². The van der Waals surface area contributed by atoms with Gasteiger partial charge < -0.3 is 9.64 Å². The molecule has 0 aliphatic rings. The Kier molecular flexibility index (Phi) is 5.70. The lowest BCUT2D eigenvalue weighted by molar-refractivity contribution is -0.385. The number of nitriles is 1. The summed E-state index contributed by atoms with van der Waals surface area (Å²) in [5, 5.41) is 19.4. The van der Waals surface area contributed by atoms with Crippen molar-refractivity contribution in [1.29, 1.82) is 5.26 Å². The topological polar surface area (TPSA) is 92.3 Å². The third kappa shape index (κ3) is 4.19. The van der Waals surface area contributed by atoms with Crippen LogP contribution >= 0.6 is 0 Å². The molecule has 0 N–H and O–H groups in total. The van der Waals surface area contributed by atoms with Crippen LogP contribution in [-0.4, -0.2) is 36.7 Å². The van der Waals surface area contributed by atoms with E-state index in [-0.39, 0.29) is 5.69 Å². The van der Waals surface area contributed by atoms with Crippen LogP contribution in [0.25, 0.3) is 0 Å². The van der Waals surface area contributed by atoms with E-state index in [1.54, 1.807) is 20.1 Å². The number of aromatic nitrogens is 1. The number of hydrogen-bond donors (Lipinski definition) is 0. The molecule has 1 rings (SSSR count). The number of anilines is 1. The van der Waals surface area contributed by atoms with Crippen molar-refractivity contribution < 1.29 is 9.66 Å². The number of pyridine rings is 1. The van der Waals surface area contributed by atoms with Gasteiger partial charge in [-0.1, -0.05) is 0 Å². The predicted molar refractivity (Wildman–Crippen MR) is 69.9 cm³/mol. The molecule has 0 saturated carbocycles. The molecule has 19 heavy (non-hydrogen) atoms. The molecule has 0 unspecified atom stereocenters. The number of hydrogen-bond acceptors (Lipinski definition) is 6. The fraction of sp³-hybridized carbons (Fsp3) is 0.500. The maximum atomic E-state index is 10.7. The highest BCUT2D eigenvalue weighted by Gasteiger charge is 2.14. The number of methoxy groups -OCH3 is 1. The molecular weight excluding hydrogens is 248 g/mol. The van der Waals surface area contributed by atoms with Gasteiger partial charge in [0.25, 0.3) is 5.69 Å². The zero-order chi connectivity index (χ0) is 14.3. The normalized spacial score (nSPS) is 9.95. The van der Waals surface area contributed by atoms with E-state index in [0.717, 1.165) is 0 Å². The Morgan fingerprint density at radius 1 is 1.58 bits per heavy atom. The first-order valence-electron chi connectivity index (χ1n) is 5.82. The van der Waals surface area contributed by atoms with Crippen molar-refractivity contribution in [2.75, 3.05) is 31.7 Å². The average molecular weight is 264 g/mol. The molecule has 0 aliphatic carbocycles. The Balaban J connectivity index is 2.92. The summed E-state index contributed by atoms with van der Waals surface area (Å²) in [5.74, 6) is 0.621. The molecule has 0 aliphatic heterocycles. The van der Waals surface area contributed by atoms with Crippen molar-refractivity contribution in [2.45, 2.75) is 13.3 Å². The summed E-state index contributed by atoms with van der Waals surface area (Å²) in [6, 6.07) is 3.73. The molecule has 0 fully saturated rings. The number of rotatable bonds is 7. The molecule has 1 aromatic rings. The predicted octanol–water partition coefficient (Wildman–Crippen LogP) is 1.66. The van der Waals surface area contributed by atoms with E-state index >= 15 is 0 Å². The molecule has 1 heterocycles. The average Bonchev–Trinajstić information content (AvgIpc) is 2.38. The highest BCUT2D eigenvalue weighted by atomic mass is 16.6. The van der Waals surface area contributed by atoms with Crippen molar-refractivity contribution in [1.82, 2.24) is 4.98 Å². The molecule has 0 aromatic carbocycles. The van der Waals surface area contributed by atoms with Crippen molar-refractivity contribution in [3.05, 3.63) is 27.9 Å². The molecule has 0 bridgehead atoms. The zero-order valence-electron chi connectivity index (χ0n) is 11.0. The maximum absolute atomic E-state index is 10.7. The highest BCUT2D eigenvalue weighted by molar-refractivity contribution is 5.48. The number of nitrogens with zero attached hydrogens (tertiary/aromatic N) is 4. The summed E-state index contributed by atoms with van der Waals surface area (Å²) in [7, 11) is 1.59. The Morgan fingerprint density at radius 2 is 2.32 bits per heavy atom. The van der Waals surface area contributed by atoms with Gasteiger partial charge in [-0.2, -0.15) is 5.26 Å². The molecular formula is C12H16N4O3. The molecule has 0 atom stereocenters. The third-order valence-electron chi connectivity index (χ3n) is 2.65. The molecule has 7 heteroatoms. The van der Waals surface area contributed by atoms with Gasteiger partial charge in [0.15, 0.2) is 0 Å². The highest BCUT2D eigenvalue weighted by Crippen LogP contribution is 2.21. The van der Waals surface area contributed by atoms with Crippen LogP contribution in [-0.2, 0) is 4.74 Å². The van der Waals surface area contributed by atoms with Crippen LogP contribution < -0.4 is 4.90 Å². The molecule has 1 aromatic heterocycles. The van der Waals surface area contributed by atoms with Gasteiger partial charge in [0, 0.05) is 25.8 Å². The summed E-state index contributed by atoms with van der Waals surface area (Å²) in [6.07, 6.45) is 1.61. The summed E-state index contributed by atoms with van der Waals surface area (Å²) in [6.45, 7) is 3.28. The van der Waals surface area contributed by atoms with E-state index < -0.39 is 4.92 Å². The van der Waals surface area contributed by atoms with Crippen molar-refractivity contribution >= 4 is 11.5 Å². The number of aryl methyl sites for hydroxylation is 1. The molecule has 0 saturated heterocycles. The second kappa shape index (κ2) is 7.28. The summed E-state index contributed by atoms with van der Waals surface area (Å²) in [5.41, 5.74) is 0.546. The fourth-order valence-corrected chi connectivity index (χ4v) is 1.63. The van der Waals surface area contributed by atoms with Crippen molar-refractivity contribution in [3.63, 3.8) is 0 Å². The molecule has 0 amide bonds. The first-order valence-corrected chi connectivity index (χ1v) is 5.82. The fourth-order valence-electron chi connectivity index (χ4n) is 1.63. The van der Waals surface area contributed by atoms with E-state index in [2.05, 4.69) is 11.1 Å². The zero-order valence-corrected chi connectivity index (χ0v) is 11.0. The Bertz CT molecular complexity index is 484. The van der Waals surface area contributed by atoms with Crippen LogP contribution in [0.2, 0.25) is 0 Å². The van der Waals surface area contributed by atoms with Crippen LogP contribution in [0.3, 0.4) is 0 Å². The summed E-state index contributed by atoms with van der Waals surface area (Å²) < 4.78 is 5.01. The first kappa shape index (κ1) is 14.9. The summed E-state index contributed by atoms with van der Waals surface area (Å²) >= 11 is 0. The molecule has 0 radical (unpaired) electrons. The minimum absolute atomic E-state index is 0.00396. The summed E-state index contributed by atoms with van der Waals surface area (Å²) in [4.78, 5) is 16.2. The van der Waals surface area contributed by atoms with Gasteiger partial charge in [0.05, 0.1) is 24.0 Å². The van der Waals surface area contributed by atoms with E-state index in [0.29, 0.717) is 37.5 Å². The lowest BCUT2D eigenvalue weighted by Gasteiger charge is -2.22. The minimum atomic E-state index is -0.457. The quantitative estimate of drug-likeness (QED) is 0.549. The second-order valence-electron chi connectivity index (χ2n) is 3.97. The lowest BCUT2D eigenvalue weighted by Crippen LogP contribution is -2.29. The molecule has 7 nitrogen and oxygen atoms in total. The van der Waals surface area contributed by atoms with Gasteiger partial charge >= 0.3 is 0 Å². The van der Waals surface area contributed by atoms with E-state index in [1.165, 1.54) is 6.20 Å². The monoisotopic (exact) mass is 264 g/mol. The lowest BCUT2D eigenvalue weighted by atomic mass is 10.2. The minimum Gasteiger partial charge on any atom is -0.383 e. The first-order chi connectivity index (χ1) is 9.10. The van der Waals surface area contributed by atoms with E-state index in [4.69, 9.17) is 10.00 Å². The maximum Gasteiger partial charge on any atom is 0.290 e. The Morgan fingerprint density at radius 3 is 2.84 bits per heavy atom. The van der Waals surface area contributed by atoms with Gasteiger partial charge in [-0.05, 0) is 13.0 Å². The molecule has 0 spiro atoms. The van der Waals surface area contributed by atoms with Crippen LogP contribution in [0.15, 0.2) is 12.3 Å². The SMILES string of the molecule is COCCN(CCC#N)c1cc(C)c([N+](=O)[O-])cn1. The third-order valence-corrected chi connectivity index (χ3v) is 2.65. The van der Waals surface area contributed by atoms with Gasteiger partial charge in [0.2, 0.25) is 0 Å². The largest absolute Gasteiger partial charge is 0.383 e. The van der Waals surface area contributed by atoms with Crippen LogP contribution in [0.4, 0.5) is 11.5 Å². The van der Waals surface area contributed by atoms with Crippen molar-refractivity contribution in [2.24, 2.45) is 0 Å². The van der Waals surface area contributed by atoms with Gasteiger partial charge in [-0.25, -0.2) is 4.98 Å². The van der Waals surface area contributed by atoms with Gasteiger partial charge in [-0.15, -0.1) is 0 Å². The number of ether oxygens (including phenoxy) is 1. The Hall–Kier alpha value is -2.20. The standard InChI is InChI=1S/C12H16N4O3/c1-10-8-12(14-9-11(10)16(17)18)15(5-3-4-13)6-7-19-2/h8-9H,3,5-7H2,1-2H3. The van der Waals surface area contributed by atoms with Crippen molar-refractivity contribution in [3.8, 4) is 6.07 Å². The molecule has 102 valence electrons. The van der Waals surface area contributed by atoms with Crippen LogP contribution in [0.5, 0.6) is 0 Å². The Labute approximate surface area is 111 Å². The smallest absolute Gasteiger partial charge is 0.290 e. The van der Waals surface area contributed by atoms with E-state index in [9.17, 15) is 10.1 Å². The van der Waals surface area contributed by atoms with Crippen LogP contribution in [0, 0.1) is 28.4 Å². The van der Waals surface area contributed by atoms with Gasteiger partial charge in [0.1, 0.15) is 12.0 Å². The second-order valence-corrected chi connectivity index (χ2v) is 3.97.